The molecule has 0 radical (unpaired) electrons. The summed E-state index contributed by atoms with van der Waals surface area (Å²) in [5.74, 6) is -1.54. The summed E-state index contributed by atoms with van der Waals surface area (Å²) in [6, 6.07) is 13.3. The molecular formula is C31H39N3O9. The summed E-state index contributed by atoms with van der Waals surface area (Å²) in [7, 11) is 2.43. The van der Waals surface area contributed by atoms with Crippen LogP contribution in [0.25, 0.3) is 0 Å². The number of allylic oxidation sites excluding steroid dienone is 2. The molecule has 0 saturated carbocycles. The van der Waals surface area contributed by atoms with Crippen LogP contribution in [-0.2, 0) is 19.1 Å². The number of β-amino-alcohol motifs (C(OH)–C–C–N with tert-alkyl or cyclic N) is 1. The van der Waals surface area contributed by atoms with Gasteiger partial charge in [-0.3, -0.25) is 10.1 Å². The van der Waals surface area contributed by atoms with E-state index in [1.165, 1.54) is 32.4 Å². The van der Waals surface area contributed by atoms with Crippen LogP contribution in [0.2, 0.25) is 0 Å². The van der Waals surface area contributed by atoms with Crippen molar-refractivity contribution in [2.75, 3.05) is 34.0 Å². The Balaban J connectivity index is 1.81. The van der Waals surface area contributed by atoms with Gasteiger partial charge in [0.25, 0.3) is 5.69 Å². The van der Waals surface area contributed by atoms with E-state index in [0.717, 1.165) is 0 Å². The lowest BCUT2D eigenvalue weighted by atomic mass is 9.79. The molecular weight excluding hydrogens is 558 g/mol. The largest absolute Gasteiger partial charge is 0.493 e. The summed E-state index contributed by atoms with van der Waals surface area (Å²) >= 11 is 0. The number of nitrogens with one attached hydrogen (secondary N) is 2. The molecule has 232 valence electrons. The number of aliphatic hydroxyl groups is 1. The van der Waals surface area contributed by atoms with Gasteiger partial charge >= 0.3 is 11.9 Å². The lowest BCUT2D eigenvalue weighted by Gasteiger charge is -2.31. The van der Waals surface area contributed by atoms with Crippen molar-refractivity contribution >= 4 is 17.6 Å². The number of carbonyl (C=O) groups is 2. The van der Waals surface area contributed by atoms with Crippen LogP contribution < -0.4 is 20.1 Å². The van der Waals surface area contributed by atoms with Crippen LogP contribution in [0, 0.1) is 10.1 Å². The minimum atomic E-state index is -1.05. The second-order valence-electron chi connectivity index (χ2n) is 10.7. The molecule has 12 heteroatoms. The summed E-state index contributed by atoms with van der Waals surface area (Å²) in [5, 5.41) is 28.4. The molecule has 3 rings (SSSR count). The predicted molar refractivity (Wildman–Crippen MR) is 159 cm³/mol. The second-order valence-corrected chi connectivity index (χ2v) is 10.7. The molecule has 1 heterocycles. The third kappa shape index (κ3) is 8.55. The molecule has 0 amide bonds. The zero-order valence-electron chi connectivity index (χ0n) is 25.3. The smallest absolute Gasteiger partial charge is 0.336 e. The van der Waals surface area contributed by atoms with Gasteiger partial charge in [0.05, 0.1) is 42.8 Å². The van der Waals surface area contributed by atoms with Crippen molar-refractivity contribution in [1.82, 2.24) is 10.6 Å². The van der Waals surface area contributed by atoms with Crippen molar-refractivity contribution in [2.24, 2.45) is 0 Å². The van der Waals surface area contributed by atoms with Crippen molar-refractivity contribution in [2.45, 2.75) is 51.7 Å². The average molecular weight is 598 g/mol. The first kappa shape index (κ1) is 33.1. The fraction of sp³-hybridized carbons (Fsp3) is 0.419. The van der Waals surface area contributed by atoms with Gasteiger partial charge in [0.15, 0.2) is 0 Å². The second kappa shape index (κ2) is 14.7. The number of non-ortho nitro benzene ring substituents is 1. The molecule has 0 aromatic heterocycles. The SMILES string of the molecule is COC(=O)C1=C(C)NC(C)=C(C(=O)OC)C1c1cc([N+](=O)[O-])ccc1OCCC(C)(C)NCC(O)COc1ccccc1. The third-order valence-corrected chi connectivity index (χ3v) is 7.07. The number of nitro groups is 1. The van der Waals surface area contributed by atoms with Gasteiger partial charge in [0.1, 0.15) is 24.2 Å². The molecule has 12 nitrogen and oxygen atoms in total. The Morgan fingerprint density at radius 1 is 1.02 bits per heavy atom. The summed E-state index contributed by atoms with van der Waals surface area (Å²) in [5.41, 5.74) is 0.608. The van der Waals surface area contributed by atoms with Crippen molar-refractivity contribution < 1.29 is 38.6 Å². The number of esters is 2. The maximum Gasteiger partial charge on any atom is 0.336 e. The fourth-order valence-electron chi connectivity index (χ4n) is 4.74. The highest BCUT2D eigenvalue weighted by atomic mass is 16.6. The Morgan fingerprint density at radius 2 is 1.63 bits per heavy atom. The van der Waals surface area contributed by atoms with Gasteiger partial charge in [-0.25, -0.2) is 9.59 Å². The van der Waals surface area contributed by atoms with Crippen LogP contribution in [0.1, 0.15) is 45.6 Å². The molecule has 2 aromatic carbocycles. The first-order valence-corrected chi connectivity index (χ1v) is 13.8. The van der Waals surface area contributed by atoms with Crippen LogP contribution >= 0.6 is 0 Å². The molecule has 0 saturated heterocycles. The Labute approximate surface area is 250 Å². The average Bonchev–Trinajstić information content (AvgIpc) is 2.98. The molecule has 1 atom stereocenters. The highest BCUT2D eigenvalue weighted by Crippen LogP contribution is 2.44. The highest BCUT2D eigenvalue weighted by molar-refractivity contribution is 6.00. The summed E-state index contributed by atoms with van der Waals surface area (Å²) in [4.78, 5) is 37.1. The van der Waals surface area contributed by atoms with E-state index < -0.39 is 34.4 Å². The Hall–Kier alpha value is -4.42. The molecule has 0 aliphatic carbocycles. The zero-order valence-corrected chi connectivity index (χ0v) is 25.3. The number of methoxy groups -OCH3 is 2. The molecule has 0 fully saturated rings. The number of benzene rings is 2. The Bertz CT molecular complexity index is 1350. The third-order valence-electron chi connectivity index (χ3n) is 7.07. The number of para-hydroxylation sites is 1. The van der Waals surface area contributed by atoms with Gasteiger partial charge in [0, 0.05) is 41.2 Å². The van der Waals surface area contributed by atoms with E-state index in [1.807, 2.05) is 44.2 Å². The van der Waals surface area contributed by atoms with E-state index >= 15 is 0 Å². The fourth-order valence-corrected chi connectivity index (χ4v) is 4.74. The van der Waals surface area contributed by atoms with E-state index in [4.69, 9.17) is 18.9 Å². The van der Waals surface area contributed by atoms with Gasteiger partial charge in [-0.05, 0) is 52.3 Å². The van der Waals surface area contributed by atoms with E-state index in [-0.39, 0.29) is 47.9 Å². The molecule has 1 aliphatic rings. The minimum absolute atomic E-state index is 0.104. The zero-order chi connectivity index (χ0) is 31.7. The lowest BCUT2D eigenvalue weighted by Crippen LogP contribution is -2.45. The summed E-state index contributed by atoms with van der Waals surface area (Å²) < 4.78 is 21.8. The van der Waals surface area contributed by atoms with E-state index in [1.54, 1.807) is 13.8 Å². The normalized spacial score (nSPS) is 14.6. The maximum atomic E-state index is 12.9. The van der Waals surface area contributed by atoms with Crippen LogP contribution in [0.5, 0.6) is 11.5 Å². The molecule has 3 N–H and O–H groups in total. The van der Waals surface area contributed by atoms with E-state index in [2.05, 4.69) is 10.6 Å². The van der Waals surface area contributed by atoms with Crippen molar-refractivity contribution in [1.29, 1.82) is 0 Å². The lowest BCUT2D eigenvalue weighted by molar-refractivity contribution is -0.384. The Morgan fingerprint density at radius 3 is 2.19 bits per heavy atom. The minimum Gasteiger partial charge on any atom is -0.493 e. The van der Waals surface area contributed by atoms with Crippen LogP contribution in [0.3, 0.4) is 0 Å². The first-order chi connectivity index (χ1) is 20.4. The number of hydrogen-bond acceptors (Lipinski definition) is 11. The highest BCUT2D eigenvalue weighted by Gasteiger charge is 2.40. The van der Waals surface area contributed by atoms with E-state index in [9.17, 15) is 24.8 Å². The van der Waals surface area contributed by atoms with E-state index in [0.29, 0.717) is 23.6 Å². The molecule has 1 unspecified atom stereocenters. The summed E-state index contributed by atoms with van der Waals surface area (Å²) in [6.45, 7) is 7.79. The monoisotopic (exact) mass is 597 g/mol. The maximum absolute atomic E-state index is 12.9. The van der Waals surface area contributed by atoms with Gasteiger partial charge in [-0.15, -0.1) is 0 Å². The molecule has 0 spiro atoms. The molecule has 2 aromatic rings. The van der Waals surface area contributed by atoms with Crippen molar-refractivity contribution in [3.05, 3.63) is 86.7 Å². The Kier molecular flexibility index (Phi) is 11.3. The van der Waals surface area contributed by atoms with Crippen LogP contribution in [0.4, 0.5) is 5.69 Å². The standard InChI is InChI=1S/C31H39N3O9/c1-19-26(29(36)40-5)28(27(20(2)33-19)30(37)41-6)24-16-21(34(38)39)12-13-25(24)42-15-14-31(3,4)32-17-22(35)18-43-23-10-8-7-9-11-23/h7-13,16,22,28,32-33,35H,14-15,17-18H2,1-6H3. The van der Waals surface area contributed by atoms with Crippen LogP contribution in [-0.4, -0.2) is 67.6 Å². The van der Waals surface area contributed by atoms with Crippen molar-refractivity contribution in [3.8, 4) is 11.5 Å². The van der Waals surface area contributed by atoms with Crippen molar-refractivity contribution in [3.63, 3.8) is 0 Å². The summed E-state index contributed by atoms with van der Waals surface area (Å²) in [6.07, 6.45) is -0.264. The number of nitro benzene ring substituents is 1. The quantitative estimate of drug-likeness (QED) is 0.165. The van der Waals surface area contributed by atoms with Gasteiger partial charge in [-0.1, -0.05) is 18.2 Å². The van der Waals surface area contributed by atoms with Gasteiger partial charge < -0.3 is 34.7 Å². The van der Waals surface area contributed by atoms with Gasteiger partial charge in [0.2, 0.25) is 0 Å². The number of rotatable bonds is 14. The van der Waals surface area contributed by atoms with Crippen LogP contribution in [0.15, 0.2) is 71.1 Å². The topological polar surface area (TPSA) is 158 Å². The molecule has 43 heavy (non-hydrogen) atoms. The number of dihydropyridines is 1. The number of carbonyl (C=O) groups excluding carboxylic acids is 2. The number of nitrogens with zero attached hydrogens (tertiary/aromatic N) is 1. The first-order valence-electron chi connectivity index (χ1n) is 13.8. The number of ether oxygens (including phenoxy) is 4. The number of aliphatic hydroxyl groups excluding tert-OH is 1. The molecule has 0 bridgehead atoms. The predicted octanol–water partition coefficient (Wildman–Crippen LogP) is 3.75. The number of hydrogen-bond donors (Lipinski definition) is 3. The molecule has 1 aliphatic heterocycles. The van der Waals surface area contributed by atoms with Gasteiger partial charge in [-0.2, -0.15) is 0 Å².